The molecule has 0 radical (unpaired) electrons. The smallest absolute Gasteiger partial charge is 0.251 e. The van der Waals surface area contributed by atoms with Gasteiger partial charge in [0.2, 0.25) is 0 Å². The van der Waals surface area contributed by atoms with Crippen molar-refractivity contribution in [3.63, 3.8) is 0 Å². The number of hydrogen-bond acceptors (Lipinski definition) is 2. The molecule has 5 heteroatoms. The highest BCUT2D eigenvalue weighted by Gasteiger charge is 2.48. The Morgan fingerprint density at radius 2 is 1.50 bits per heavy atom. The minimum Gasteiger partial charge on any atom is -0.349 e. The molecular weight excluding hydrogens is 379 g/mol. The average Bonchev–Trinajstić information content (AvgIpc) is 2.74. The first-order valence-corrected chi connectivity index (χ1v) is 11.0. The van der Waals surface area contributed by atoms with E-state index in [-0.39, 0.29) is 11.8 Å². The Hall–Kier alpha value is -2.69. The van der Waals surface area contributed by atoms with Crippen LogP contribution < -0.4 is 10.6 Å². The van der Waals surface area contributed by atoms with Gasteiger partial charge in [-0.3, -0.25) is 9.59 Å². The van der Waals surface area contributed by atoms with E-state index < -0.39 is 5.82 Å². The molecule has 4 aliphatic carbocycles. The van der Waals surface area contributed by atoms with Crippen molar-refractivity contribution in [2.45, 2.75) is 44.7 Å². The molecule has 0 aliphatic heterocycles. The highest BCUT2D eigenvalue weighted by Crippen LogP contribution is 2.53. The van der Waals surface area contributed by atoms with Crippen molar-refractivity contribution in [2.24, 2.45) is 23.7 Å². The van der Waals surface area contributed by atoms with Crippen molar-refractivity contribution in [3.8, 4) is 0 Å². The van der Waals surface area contributed by atoms with Gasteiger partial charge >= 0.3 is 0 Å². The van der Waals surface area contributed by atoms with Crippen molar-refractivity contribution in [2.75, 3.05) is 0 Å². The Balaban J connectivity index is 1.17. The summed E-state index contributed by atoms with van der Waals surface area (Å²) in [5.41, 5.74) is 1.84. The first kappa shape index (κ1) is 19.3. The lowest BCUT2D eigenvalue weighted by atomic mass is 9.54. The molecule has 4 aliphatic rings. The fourth-order valence-corrected chi connectivity index (χ4v) is 6.08. The molecule has 0 saturated heterocycles. The third kappa shape index (κ3) is 3.85. The molecule has 4 nitrogen and oxygen atoms in total. The summed E-state index contributed by atoms with van der Waals surface area (Å²) in [5, 5.41) is 6.12. The van der Waals surface area contributed by atoms with Crippen LogP contribution in [0.4, 0.5) is 4.39 Å². The Labute approximate surface area is 176 Å². The molecule has 2 aromatic carbocycles. The number of benzene rings is 2. The highest BCUT2D eigenvalue weighted by molar-refractivity contribution is 5.95. The van der Waals surface area contributed by atoms with Gasteiger partial charge in [0.15, 0.2) is 0 Å². The van der Waals surface area contributed by atoms with Crippen LogP contribution in [0.5, 0.6) is 0 Å². The lowest BCUT2D eigenvalue weighted by molar-refractivity contribution is -0.0119. The van der Waals surface area contributed by atoms with Gasteiger partial charge in [-0.25, -0.2) is 4.39 Å². The zero-order chi connectivity index (χ0) is 20.7. The van der Waals surface area contributed by atoms with E-state index in [9.17, 15) is 14.0 Å². The van der Waals surface area contributed by atoms with Gasteiger partial charge in [-0.15, -0.1) is 0 Å². The largest absolute Gasteiger partial charge is 0.349 e. The Morgan fingerprint density at radius 3 is 2.13 bits per heavy atom. The normalized spacial score (nSPS) is 28.9. The molecule has 6 rings (SSSR count). The SMILES string of the molecule is O=C(NCc1ccc(C(=O)NC2C3CC4CC(C3)CC2C4)cc1)c1cccc(F)c1. The molecule has 30 heavy (non-hydrogen) atoms. The number of carbonyl (C=O) groups excluding carboxylic acids is 2. The molecule has 4 bridgehead atoms. The van der Waals surface area contributed by atoms with Gasteiger partial charge < -0.3 is 10.6 Å². The predicted octanol–water partition coefficient (Wildman–Crippen LogP) is 4.31. The van der Waals surface area contributed by atoms with Crippen LogP contribution in [0.2, 0.25) is 0 Å². The number of rotatable bonds is 5. The summed E-state index contributed by atoms with van der Waals surface area (Å²) in [6.45, 7) is 0.326. The van der Waals surface area contributed by atoms with Gasteiger partial charge in [0.05, 0.1) is 0 Å². The van der Waals surface area contributed by atoms with E-state index in [1.165, 1.54) is 50.3 Å². The fourth-order valence-electron chi connectivity index (χ4n) is 6.08. The number of carbonyl (C=O) groups is 2. The van der Waals surface area contributed by atoms with Crippen LogP contribution >= 0.6 is 0 Å². The Morgan fingerprint density at radius 1 is 0.833 bits per heavy atom. The summed E-state index contributed by atoms with van der Waals surface area (Å²) < 4.78 is 13.3. The van der Waals surface area contributed by atoms with E-state index in [4.69, 9.17) is 0 Å². The van der Waals surface area contributed by atoms with E-state index >= 15 is 0 Å². The molecule has 0 heterocycles. The molecule has 0 atom stereocenters. The van der Waals surface area contributed by atoms with Crippen molar-refractivity contribution in [1.82, 2.24) is 10.6 Å². The maximum absolute atomic E-state index is 13.3. The lowest BCUT2D eigenvalue weighted by Crippen LogP contribution is -2.55. The van der Waals surface area contributed by atoms with Crippen LogP contribution in [0.1, 0.15) is 58.4 Å². The summed E-state index contributed by atoms with van der Waals surface area (Å²) in [6.07, 6.45) is 6.53. The molecule has 2 amide bonds. The van der Waals surface area contributed by atoms with Gasteiger partial charge in [0.25, 0.3) is 11.8 Å². The van der Waals surface area contributed by atoms with E-state index in [2.05, 4.69) is 10.6 Å². The molecule has 2 aromatic rings. The van der Waals surface area contributed by atoms with Crippen LogP contribution in [0.15, 0.2) is 48.5 Å². The van der Waals surface area contributed by atoms with Crippen molar-refractivity contribution in [3.05, 3.63) is 71.0 Å². The third-order valence-electron chi connectivity index (χ3n) is 7.28. The number of nitrogens with one attached hydrogen (secondary N) is 2. The van der Waals surface area contributed by atoms with Crippen LogP contribution in [-0.2, 0) is 6.54 Å². The van der Waals surface area contributed by atoms with Gasteiger partial charge in [-0.1, -0.05) is 18.2 Å². The second kappa shape index (κ2) is 7.86. The minimum atomic E-state index is -0.433. The zero-order valence-electron chi connectivity index (χ0n) is 16.9. The zero-order valence-corrected chi connectivity index (χ0v) is 16.9. The van der Waals surface area contributed by atoms with E-state index in [0.29, 0.717) is 35.5 Å². The van der Waals surface area contributed by atoms with Crippen LogP contribution in [0.3, 0.4) is 0 Å². The fraction of sp³-hybridized carbons (Fsp3) is 0.440. The molecule has 4 saturated carbocycles. The van der Waals surface area contributed by atoms with Crippen LogP contribution in [0, 0.1) is 29.5 Å². The lowest BCUT2D eigenvalue weighted by Gasteiger charge is -2.54. The first-order chi connectivity index (χ1) is 14.5. The standard InChI is InChI=1S/C25H27FN2O2/c26-22-3-1-2-19(13-22)24(29)27-14-15-4-6-18(7-5-15)25(30)28-23-20-9-16-8-17(11-20)12-21(23)10-16/h1-7,13,16-17,20-21,23H,8-12,14H2,(H,27,29)(H,28,30). The predicted molar refractivity (Wildman–Crippen MR) is 112 cm³/mol. The van der Waals surface area contributed by atoms with Gasteiger partial charge in [0, 0.05) is 23.7 Å². The maximum Gasteiger partial charge on any atom is 0.251 e. The summed E-state index contributed by atoms with van der Waals surface area (Å²) in [5.74, 6) is 2.34. The number of amides is 2. The molecular formula is C25H27FN2O2. The number of halogens is 1. The highest BCUT2D eigenvalue weighted by atomic mass is 19.1. The van der Waals surface area contributed by atoms with E-state index in [1.807, 2.05) is 24.3 Å². The average molecular weight is 407 g/mol. The summed E-state index contributed by atoms with van der Waals surface area (Å²) in [6, 6.07) is 13.3. The monoisotopic (exact) mass is 406 g/mol. The molecule has 156 valence electrons. The van der Waals surface area contributed by atoms with Crippen molar-refractivity contribution in [1.29, 1.82) is 0 Å². The van der Waals surface area contributed by atoms with Gasteiger partial charge in [-0.05, 0) is 91.7 Å². The topological polar surface area (TPSA) is 58.2 Å². The van der Waals surface area contributed by atoms with Crippen LogP contribution in [0.25, 0.3) is 0 Å². The number of hydrogen-bond donors (Lipinski definition) is 2. The second-order valence-electron chi connectivity index (χ2n) is 9.32. The molecule has 4 fully saturated rings. The summed E-state index contributed by atoms with van der Waals surface area (Å²) in [4.78, 5) is 25.0. The molecule has 0 spiro atoms. The second-order valence-corrected chi connectivity index (χ2v) is 9.32. The molecule has 2 N–H and O–H groups in total. The maximum atomic E-state index is 13.3. The third-order valence-corrected chi connectivity index (χ3v) is 7.28. The quantitative estimate of drug-likeness (QED) is 0.777. The Bertz CT molecular complexity index is 928. The Kier molecular flexibility index (Phi) is 5.05. The van der Waals surface area contributed by atoms with Crippen molar-refractivity contribution >= 4 is 11.8 Å². The van der Waals surface area contributed by atoms with Gasteiger partial charge in [0.1, 0.15) is 5.82 Å². The summed E-state index contributed by atoms with van der Waals surface area (Å²) in [7, 11) is 0. The van der Waals surface area contributed by atoms with E-state index in [1.54, 1.807) is 6.07 Å². The van der Waals surface area contributed by atoms with E-state index in [0.717, 1.165) is 17.4 Å². The molecule has 0 unspecified atom stereocenters. The van der Waals surface area contributed by atoms with Crippen molar-refractivity contribution < 1.29 is 14.0 Å². The minimum absolute atomic E-state index is 0.00261. The summed E-state index contributed by atoms with van der Waals surface area (Å²) >= 11 is 0. The molecule has 0 aromatic heterocycles. The van der Waals surface area contributed by atoms with Crippen LogP contribution in [-0.4, -0.2) is 17.9 Å². The first-order valence-electron chi connectivity index (χ1n) is 11.0. The van der Waals surface area contributed by atoms with Gasteiger partial charge in [-0.2, -0.15) is 0 Å².